The Morgan fingerprint density at radius 3 is 2.76 bits per heavy atom. The van der Waals surface area contributed by atoms with Crippen molar-refractivity contribution < 1.29 is 9.18 Å². The van der Waals surface area contributed by atoms with Crippen LogP contribution in [0, 0.1) is 0 Å². The highest BCUT2D eigenvalue weighted by Crippen LogP contribution is 2.32. The Labute approximate surface area is 99.3 Å². The van der Waals surface area contributed by atoms with E-state index in [-0.39, 0.29) is 12.2 Å². The summed E-state index contributed by atoms with van der Waals surface area (Å²) in [5.41, 5.74) is 2.86. The summed E-state index contributed by atoms with van der Waals surface area (Å²) in [4.78, 5) is 10.9. The van der Waals surface area contributed by atoms with Crippen LogP contribution in [-0.2, 0) is 4.79 Å². The monoisotopic (exact) mass is 226 g/mol. The second-order valence-electron chi connectivity index (χ2n) is 3.74. The number of hydrogen-bond acceptors (Lipinski definition) is 1. The Kier molecular flexibility index (Phi) is 3.17. The zero-order chi connectivity index (χ0) is 12.3. The third kappa shape index (κ3) is 2.17. The standard InChI is InChI=1S/C15H11FO/c1-2-11-5-3-4-6-14(11)15-8-7-13(16)9-12(15)10-17/h2-8H,1,9H2. The van der Waals surface area contributed by atoms with Crippen molar-refractivity contribution in [2.45, 2.75) is 6.42 Å². The highest BCUT2D eigenvalue weighted by molar-refractivity contribution is 5.92. The van der Waals surface area contributed by atoms with Gasteiger partial charge in [0.05, 0.1) is 5.57 Å². The lowest BCUT2D eigenvalue weighted by molar-refractivity contribution is 0.564. The molecule has 0 saturated heterocycles. The van der Waals surface area contributed by atoms with E-state index in [1.165, 1.54) is 6.08 Å². The molecule has 2 heteroatoms. The molecule has 0 saturated carbocycles. The van der Waals surface area contributed by atoms with Gasteiger partial charge in [0, 0.05) is 6.42 Å². The summed E-state index contributed by atoms with van der Waals surface area (Å²) in [7, 11) is 0. The van der Waals surface area contributed by atoms with Crippen LogP contribution in [0.4, 0.5) is 4.39 Å². The molecule has 17 heavy (non-hydrogen) atoms. The topological polar surface area (TPSA) is 17.1 Å². The van der Waals surface area contributed by atoms with Crippen LogP contribution in [0.15, 0.2) is 54.4 Å². The van der Waals surface area contributed by atoms with E-state index in [0.717, 1.165) is 16.7 Å². The van der Waals surface area contributed by atoms with Crippen molar-refractivity contribution in [1.29, 1.82) is 0 Å². The molecule has 0 unspecified atom stereocenters. The van der Waals surface area contributed by atoms with E-state index in [2.05, 4.69) is 6.58 Å². The predicted octanol–water partition coefficient (Wildman–Crippen LogP) is 3.73. The summed E-state index contributed by atoms with van der Waals surface area (Å²) in [5.74, 6) is 1.50. The van der Waals surface area contributed by atoms with E-state index < -0.39 is 0 Å². The molecular formula is C15H11FO. The molecule has 1 aromatic carbocycles. The Morgan fingerprint density at radius 1 is 1.29 bits per heavy atom. The number of halogens is 1. The van der Waals surface area contributed by atoms with Crippen molar-refractivity contribution in [1.82, 2.24) is 0 Å². The third-order valence-electron chi connectivity index (χ3n) is 2.70. The normalized spacial score (nSPS) is 14.8. The van der Waals surface area contributed by atoms with Gasteiger partial charge in [0.1, 0.15) is 11.8 Å². The smallest absolute Gasteiger partial charge is 0.129 e. The van der Waals surface area contributed by atoms with Crippen LogP contribution in [0.3, 0.4) is 0 Å². The van der Waals surface area contributed by atoms with E-state index in [0.29, 0.717) is 5.57 Å². The summed E-state index contributed by atoms with van der Waals surface area (Å²) < 4.78 is 13.1. The molecule has 1 aliphatic carbocycles. The summed E-state index contributed by atoms with van der Waals surface area (Å²) >= 11 is 0. The van der Waals surface area contributed by atoms with E-state index in [1.807, 2.05) is 30.2 Å². The van der Waals surface area contributed by atoms with Gasteiger partial charge in [-0.3, -0.25) is 0 Å². The molecule has 2 rings (SSSR count). The SMILES string of the molecule is C=Cc1ccccc1C1=CC=C(F)CC1=C=O. The summed E-state index contributed by atoms with van der Waals surface area (Å²) in [6, 6.07) is 7.56. The lowest BCUT2D eigenvalue weighted by Crippen LogP contribution is -1.98. The Balaban J connectivity index is 2.59. The third-order valence-corrected chi connectivity index (χ3v) is 2.70. The molecule has 0 radical (unpaired) electrons. The zero-order valence-corrected chi connectivity index (χ0v) is 9.24. The van der Waals surface area contributed by atoms with Gasteiger partial charge in [-0.2, -0.15) is 0 Å². The molecule has 0 fully saturated rings. The van der Waals surface area contributed by atoms with Crippen molar-refractivity contribution in [3.05, 3.63) is 65.5 Å². The van der Waals surface area contributed by atoms with Gasteiger partial charge in [0.2, 0.25) is 0 Å². The molecule has 1 aliphatic rings. The van der Waals surface area contributed by atoms with Gasteiger partial charge in [-0.15, -0.1) is 0 Å². The Morgan fingerprint density at radius 2 is 2.06 bits per heavy atom. The van der Waals surface area contributed by atoms with Gasteiger partial charge < -0.3 is 0 Å². The maximum absolute atomic E-state index is 13.1. The lowest BCUT2D eigenvalue weighted by atomic mass is 9.90. The molecule has 0 bridgehead atoms. The summed E-state index contributed by atoms with van der Waals surface area (Å²) in [5, 5.41) is 0. The Hall–Kier alpha value is -2.18. The van der Waals surface area contributed by atoms with Crippen molar-refractivity contribution in [3.63, 3.8) is 0 Å². The molecule has 0 aliphatic heterocycles. The molecule has 84 valence electrons. The van der Waals surface area contributed by atoms with Gasteiger partial charge >= 0.3 is 0 Å². The molecule has 1 nitrogen and oxygen atoms in total. The molecular weight excluding hydrogens is 215 g/mol. The van der Waals surface area contributed by atoms with Crippen molar-refractivity contribution in [2.24, 2.45) is 0 Å². The fourth-order valence-electron chi connectivity index (χ4n) is 1.86. The van der Waals surface area contributed by atoms with Crippen LogP contribution in [0.25, 0.3) is 11.6 Å². The van der Waals surface area contributed by atoms with Crippen molar-refractivity contribution >= 4 is 17.6 Å². The van der Waals surface area contributed by atoms with Crippen LogP contribution in [-0.4, -0.2) is 5.94 Å². The minimum absolute atomic E-state index is 0.0147. The molecule has 0 amide bonds. The first kappa shape index (κ1) is 11.3. The molecule has 0 N–H and O–H groups in total. The predicted molar refractivity (Wildman–Crippen MR) is 67.5 cm³/mol. The fourth-order valence-corrected chi connectivity index (χ4v) is 1.86. The highest BCUT2D eigenvalue weighted by Gasteiger charge is 2.16. The van der Waals surface area contributed by atoms with Crippen molar-refractivity contribution in [2.75, 3.05) is 0 Å². The highest BCUT2D eigenvalue weighted by atomic mass is 19.1. The number of carbonyl (C=O) groups excluding carboxylic acids is 1. The van der Waals surface area contributed by atoms with E-state index in [1.54, 1.807) is 12.2 Å². The zero-order valence-electron chi connectivity index (χ0n) is 9.24. The average molecular weight is 226 g/mol. The summed E-state index contributed by atoms with van der Waals surface area (Å²) in [6.07, 6.45) is 4.73. The van der Waals surface area contributed by atoms with Gasteiger partial charge in [-0.25, -0.2) is 9.18 Å². The van der Waals surface area contributed by atoms with Crippen LogP contribution < -0.4 is 0 Å². The first-order valence-corrected chi connectivity index (χ1v) is 5.29. The quantitative estimate of drug-likeness (QED) is 0.702. The van der Waals surface area contributed by atoms with E-state index in [4.69, 9.17) is 0 Å². The number of benzene rings is 1. The maximum atomic E-state index is 13.1. The second kappa shape index (κ2) is 4.77. The maximum Gasteiger partial charge on any atom is 0.129 e. The number of hydrogen-bond donors (Lipinski definition) is 0. The average Bonchev–Trinajstić information content (AvgIpc) is 2.38. The first-order valence-electron chi connectivity index (χ1n) is 5.29. The second-order valence-corrected chi connectivity index (χ2v) is 3.74. The number of rotatable bonds is 2. The summed E-state index contributed by atoms with van der Waals surface area (Å²) in [6.45, 7) is 3.73. The molecule has 1 aromatic rings. The molecule has 0 atom stereocenters. The van der Waals surface area contributed by atoms with E-state index >= 15 is 0 Å². The lowest BCUT2D eigenvalue weighted by Gasteiger charge is -2.14. The molecule has 0 spiro atoms. The minimum Gasteiger partial charge on any atom is -0.233 e. The largest absolute Gasteiger partial charge is 0.233 e. The minimum atomic E-state index is -0.316. The van der Waals surface area contributed by atoms with Gasteiger partial charge in [0.25, 0.3) is 0 Å². The van der Waals surface area contributed by atoms with Gasteiger partial charge in [0.15, 0.2) is 0 Å². The van der Waals surface area contributed by atoms with Gasteiger partial charge in [-0.1, -0.05) is 43.0 Å². The van der Waals surface area contributed by atoms with Crippen LogP contribution in [0.1, 0.15) is 17.5 Å². The van der Waals surface area contributed by atoms with E-state index in [9.17, 15) is 9.18 Å². The van der Waals surface area contributed by atoms with Crippen LogP contribution in [0.5, 0.6) is 0 Å². The van der Waals surface area contributed by atoms with Gasteiger partial charge in [-0.05, 0) is 22.8 Å². The molecule has 0 aromatic heterocycles. The Bertz CT molecular complexity index is 572. The fraction of sp³-hybridized carbons (Fsp3) is 0.0667. The van der Waals surface area contributed by atoms with Crippen molar-refractivity contribution in [3.8, 4) is 0 Å². The molecule has 0 heterocycles. The number of allylic oxidation sites excluding steroid dienone is 5. The first-order chi connectivity index (χ1) is 8.26. The van der Waals surface area contributed by atoms with Crippen LogP contribution in [0.2, 0.25) is 0 Å². The van der Waals surface area contributed by atoms with Crippen LogP contribution >= 0.6 is 0 Å².